The van der Waals surface area contributed by atoms with E-state index in [0.29, 0.717) is 36.7 Å². The second-order valence-electron chi connectivity index (χ2n) is 4.91. The molecule has 2 rings (SSSR count). The number of rotatable bonds is 5. The lowest BCUT2D eigenvalue weighted by Crippen LogP contribution is -2.42. The Morgan fingerprint density at radius 1 is 1.33 bits per heavy atom. The van der Waals surface area contributed by atoms with Crippen LogP contribution in [0.1, 0.15) is 30.6 Å². The first-order chi connectivity index (χ1) is 10.0. The Bertz CT molecular complexity index is 543. The molecule has 21 heavy (non-hydrogen) atoms. The number of carbonyl (C=O) groups is 2. The van der Waals surface area contributed by atoms with E-state index in [4.69, 9.17) is 14.6 Å². The minimum Gasteiger partial charge on any atom is -0.486 e. The first-order valence-electron chi connectivity index (χ1n) is 6.96. The van der Waals surface area contributed by atoms with Gasteiger partial charge in [0, 0.05) is 6.04 Å². The molecule has 0 spiro atoms. The highest BCUT2D eigenvalue weighted by molar-refractivity contribution is 5.99. The van der Waals surface area contributed by atoms with E-state index in [1.54, 1.807) is 18.2 Å². The second kappa shape index (κ2) is 6.47. The van der Waals surface area contributed by atoms with Crippen molar-refractivity contribution in [2.45, 2.75) is 26.3 Å². The van der Waals surface area contributed by atoms with Gasteiger partial charge in [0.05, 0.1) is 5.56 Å². The molecule has 1 aliphatic heterocycles. The van der Waals surface area contributed by atoms with E-state index >= 15 is 0 Å². The quantitative estimate of drug-likeness (QED) is 0.895. The Labute approximate surface area is 123 Å². The van der Waals surface area contributed by atoms with Crippen molar-refractivity contribution in [1.29, 1.82) is 0 Å². The molecule has 1 atom stereocenters. The van der Waals surface area contributed by atoms with Crippen molar-refractivity contribution in [1.82, 2.24) is 4.90 Å². The third-order valence-corrected chi connectivity index (χ3v) is 3.49. The molecular formula is C15H19NO5. The molecule has 0 saturated heterocycles. The lowest BCUT2D eigenvalue weighted by atomic mass is 10.1. The van der Waals surface area contributed by atoms with E-state index in [1.165, 1.54) is 4.90 Å². The number of aliphatic carboxylic acids is 1. The zero-order valence-electron chi connectivity index (χ0n) is 12.2. The van der Waals surface area contributed by atoms with Gasteiger partial charge in [-0.25, -0.2) is 0 Å². The number of benzene rings is 1. The number of carbonyl (C=O) groups excluding carboxylic acids is 1. The molecule has 6 nitrogen and oxygen atoms in total. The molecule has 6 heteroatoms. The van der Waals surface area contributed by atoms with Gasteiger partial charge in [-0.05, 0) is 25.5 Å². The molecule has 1 aromatic rings. The molecule has 114 valence electrons. The molecule has 0 bridgehead atoms. The Morgan fingerprint density at radius 3 is 2.71 bits per heavy atom. The zero-order chi connectivity index (χ0) is 15.4. The standard InChI is InChI=1S/C15H19NO5/c1-3-10(2)16(9-13(17)18)15(19)11-5-4-6-12-14(11)21-8-7-20-12/h4-6,10H,3,7-9H2,1-2H3,(H,17,18). The molecule has 0 radical (unpaired) electrons. The van der Waals surface area contributed by atoms with Crippen molar-refractivity contribution in [2.24, 2.45) is 0 Å². The Hall–Kier alpha value is -2.24. The number of amides is 1. The third-order valence-electron chi connectivity index (χ3n) is 3.49. The Kier molecular flexibility index (Phi) is 4.67. The summed E-state index contributed by atoms with van der Waals surface area (Å²) in [5.74, 6) is -0.473. The number of carboxylic acids is 1. The van der Waals surface area contributed by atoms with Crippen LogP contribution in [-0.4, -0.2) is 47.7 Å². The van der Waals surface area contributed by atoms with Crippen LogP contribution in [0.4, 0.5) is 0 Å². The number of ether oxygens (including phenoxy) is 2. The predicted molar refractivity (Wildman–Crippen MR) is 75.9 cm³/mol. The van der Waals surface area contributed by atoms with E-state index in [1.807, 2.05) is 13.8 Å². The van der Waals surface area contributed by atoms with E-state index in [9.17, 15) is 9.59 Å². The average Bonchev–Trinajstić information content (AvgIpc) is 2.50. The third kappa shape index (κ3) is 3.26. The van der Waals surface area contributed by atoms with Gasteiger partial charge >= 0.3 is 5.97 Å². The smallest absolute Gasteiger partial charge is 0.323 e. The molecule has 0 aromatic heterocycles. The molecule has 1 aliphatic rings. The summed E-state index contributed by atoms with van der Waals surface area (Å²) in [6.07, 6.45) is 0.672. The Morgan fingerprint density at radius 2 is 2.05 bits per heavy atom. The van der Waals surface area contributed by atoms with Gasteiger partial charge < -0.3 is 19.5 Å². The van der Waals surface area contributed by atoms with Crippen molar-refractivity contribution < 1.29 is 24.2 Å². The zero-order valence-corrected chi connectivity index (χ0v) is 12.2. The summed E-state index contributed by atoms with van der Waals surface area (Å²) < 4.78 is 11.0. The van der Waals surface area contributed by atoms with Crippen LogP contribution in [-0.2, 0) is 4.79 Å². The molecule has 0 saturated carbocycles. The number of hydrogen-bond acceptors (Lipinski definition) is 4. The first kappa shape index (κ1) is 15.2. The van der Waals surface area contributed by atoms with Gasteiger partial charge in [-0.15, -0.1) is 0 Å². The van der Waals surface area contributed by atoms with Crippen LogP contribution in [0, 0.1) is 0 Å². The van der Waals surface area contributed by atoms with E-state index in [0.717, 1.165) is 0 Å². The molecular weight excluding hydrogens is 274 g/mol. The van der Waals surface area contributed by atoms with Crippen molar-refractivity contribution >= 4 is 11.9 Å². The fourth-order valence-corrected chi connectivity index (χ4v) is 2.19. The second-order valence-corrected chi connectivity index (χ2v) is 4.91. The lowest BCUT2D eigenvalue weighted by molar-refractivity contribution is -0.138. The maximum atomic E-state index is 12.7. The topological polar surface area (TPSA) is 76.1 Å². The summed E-state index contributed by atoms with van der Waals surface area (Å²) in [6, 6.07) is 4.90. The highest BCUT2D eigenvalue weighted by atomic mass is 16.6. The van der Waals surface area contributed by atoms with Crippen LogP contribution in [0.5, 0.6) is 11.5 Å². The number of nitrogens with zero attached hydrogens (tertiary/aromatic N) is 1. The van der Waals surface area contributed by atoms with Gasteiger partial charge in [0.15, 0.2) is 11.5 Å². The number of para-hydroxylation sites is 1. The van der Waals surface area contributed by atoms with Crippen molar-refractivity contribution in [3.8, 4) is 11.5 Å². The van der Waals surface area contributed by atoms with Gasteiger partial charge in [0.1, 0.15) is 19.8 Å². The monoisotopic (exact) mass is 293 g/mol. The number of fused-ring (bicyclic) bond motifs is 1. The fourth-order valence-electron chi connectivity index (χ4n) is 2.19. The summed E-state index contributed by atoms with van der Waals surface area (Å²) in [6.45, 7) is 4.22. The van der Waals surface area contributed by atoms with Gasteiger partial charge in [0.25, 0.3) is 5.91 Å². The first-order valence-corrected chi connectivity index (χ1v) is 6.96. The fraction of sp³-hybridized carbons (Fsp3) is 0.467. The summed E-state index contributed by atoms with van der Waals surface area (Å²) in [5, 5.41) is 9.01. The lowest BCUT2D eigenvalue weighted by Gasteiger charge is -2.28. The summed E-state index contributed by atoms with van der Waals surface area (Å²) in [4.78, 5) is 25.0. The molecule has 1 aromatic carbocycles. The van der Waals surface area contributed by atoms with Crippen LogP contribution in [0.15, 0.2) is 18.2 Å². The van der Waals surface area contributed by atoms with Gasteiger partial charge in [0.2, 0.25) is 0 Å². The summed E-state index contributed by atoms with van der Waals surface area (Å²) in [5.41, 5.74) is 0.341. The van der Waals surface area contributed by atoms with Gasteiger partial charge in [-0.1, -0.05) is 13.0 Å². The SMILES string of the molecule is CCC(C)N(CC(=O)O)C(=O)c1cccc2c1OCCO2. The molecule has 1 heterocycles. The highest BCUT2D eigenvalue weighted by Gasteiger charge is 2.27. The molecule has 0 aliphatic carbocycles. The summed E-state index contributed by atoms with van der Waals surface area (Å²) in [7, 11) is 0. The molecule has 1 unspecified atom stereocenters. The van der Waals surface area contributed by atoms with Crippen LogP contribution in [0.2, 0.25) is 0 Å². The molecule has 1 amide bonds. The highest BCUT2D eigenvalue weighted by Crippen LogP contribution is 2.34. The van der Waals surface area contributed by atoms with Crippen LogP contribution >= 0.6 is 0 Å². The average molecular weight is 293 g/mol. The van der Waals surface area contributed by atoms with Crippen molar-refractivity contribution in [3.63, 3.8) is 0 Å². The van der Waals surface area contributed by atoms with Crippen LogP contribution < -0.4 is 9.47 Å². The Balaban J connectivity index is 2.34. The maximum Gasteiger partial charge on any atom is 0.323 e. The molecule has 0 fully saturated rings. The maximum absolute atomic E-state index is 12.7. The minimum atomic E-state index is -1.04. The number of carboxylic acid groups (broad SMARTS) is 1. The van der Waals surface area contributed by atoms with Gasteiger partial charge in [-0.3, -0.25) is 9.59 Å². The van der Waals surface area contributed by atoms with E-state index in [2.05, 4.69) is 0 Å². The normalized spacial score (nSPS) is 14.4. The van der Waals surface area contributed by atoms with E-state index < -0.39 is 5.97 Å². The largest absolute Gasteiger partial charge is 0.486 e. The van der Waals surface area contributed by atoms with Crippen LogP contribution in [0.3, 0.4) is 0 Å². The molecule has 1 N–H and O–H groups in total. The van der Waals surface area contributed by atoms with Crippen molar-refractivity contribution in [3.05, 3.63) is 23.8 Å². The van der Waals surface area contributed by atoms with Gasteiger partial charge in [-0.2, -0.15) is 0 Å². The van der Waals surface area contributed by atoms with Crippen LogP contribution in [0.25, 0.3) is 0 Å². The van der Waals surface area contributed by atoms with Crippen molar-refractivity contribution in [2.75, 3.05) is 19.8 Å². The van der Waals surface area contributed by atoms with E-state index in [-0.39, 0.29) is 18.5 Å². The number of hydrogen-bond donors (Lipinski definition) is 1. The minimum absolute atomic E-state index is 0.172. The predicted octanol–water partition coefficient (Wildman–Crippen LogP) is 1.78. The summed E-state index contributed by atoms with van der Waals surface area (Å²) >= 11 is 0.